The molecule has 0 aromatic heterocycles. The Labute approximate surface area is 74.1 Å². The molecule has 0 saturated carbocycles. The van der Waals surface area contributed by atoms with E-state index >= 15 is 0 Å². The van der Waals surface area contributed by atoms with Crippen LogP contribution in [-0.2, 0) is 4.79 Å². The predicted molar refractivity (Wildman–Crippen MR) is 48.9 cm³/mol. The molecular formula is C9H18N2O. The Balaban J connectivity index is 2.66. The van der Waals surface area contributed by atoms with Gasteiger partial charge in [-0.25, -0.2) is 0 Å². The molecule has 12 heavy (non-hydrogen) atoms. The normalized spacial score (nSPS) is 31.4. The Morgan fingerprint density at radius 2 is 2.17 bits per heavy atom. The third kappa shape index (κ3) is 1.78. The lowest BCUT2D eigenvalue weighted by molar-refractivity contribution is -0.136. The lowest BCUT2D eigenvalue weighted by atomic mass is 9.99. The van der Waals surface area contributed by atoms with Crippen molar-refractivity contribution in [2.24, 2.45) is 5.92 Å². The minimum atomic E-state index is 0.0127. The first kappa shape index (κ1) is 9.52. The second-order valence-electron chi connectivity index (χ2n) is 4.01. The molecule has 1 aliphatic heterocycles. The number of nitrogens with one attached hydrogen (secondary N) is 1. The molecule has 1 saturated heterocycles. The van der Waals surface area contributed by atoms with Gasteiger partial charge in [0.1, 0.15) is 0 Å². The van der Waals surface area contributed by atoms with Crippen LogP contribution >= 0.6 is 0 Å². The highest BCUT2D eigenvalue weighted by atomic mass is 16.2. The van der Waals surface area contributed by atoms with Crippen LogP contribution in [-0.4, -0.2) is 36.5 Å². The van der Waals surface area contributed by atoms with Crippen molar-refractivity contribution in [1.82, 2.24) is 10.2 Å². The van der Waals surface area contributed by atoms with E-state index in [1.807, 2.05) is 11.9 Å². The SMILES string of the molecule is CC(C)[C@@H]1N[C@@H](C)CN(C)C1=O. The molecule has 0 spiro atoms. The molecule has 1 rings (SSSR count). The van der Waals surface area contributed by atoms with E-state index in [0.717, 1.165) is 6.54 Å². The summed E-state index contributed by atoms with van der Waals surface area (Å²) in [5.74, 6) is 0.603. The van der Waals surface area contributed by atoms with Crippen LogP contribution in [0.25, 0.3) is 0 Å². The van der Waals surface area contributed by atoms with E-state index in [0.29, 0.717) is 12.0 Å². The summed E-state index contributed by atoms with van der Waals surface area (Å²) in [6.45, 7) is 7.07. The van der Waals surface area contributed by atoms with Crippen LogP contribution < -0.4 is 5.32 Å². The van der Waals surface area contributed by atoms with Gasteiger partial charge in [0, 0.05) is 19.6 Å². The largest absolute Gasteiger partial charge is 0.343 e. The zero-order valence-electron chi connectivity index (χ0n) is 8.29. The van der Waals surface area contributed by atoms with Gasteiger partial charge in [0.15, 0.2) is 0 Å². The first-order valence-corrected chi connectivity index (χ1v) is 4.53. The van der Waals surface area contributed by atoms with E-state index in [9.17, 15) is 4.79 Å². The second kappa shape index (κ2) is 3.44. The van der Waals surface area contributed by atoms with Crippen molar-refractivity contribution in [2.45, 2.75) is 32.9 Å². The summed E-state index contributed by atoms with van der Waals surface area (Å²) >= 11 is 0. The summed E-state index contributed by atoms with van der Waals surface area (Å²) in [6, 6.07) is 0.429. The van der Waals surface area contributed by atoms with Crippen molar-refractivity contribution in [3.63, 3.8) is 0 Å². The maximum atomic E-state index is 11.6. The van der Waals surface area contributed by atoms with E-state index in [2.05, 4.69) is 26.1 Å². The average Bonchev–Trinajstić information content (AvgIpc) is 1.96. The van der Waals surface area contributed by atoms with Crippen LogP contribution in [0.15, 0.2) is 0 Å². The number of hydrogen-bond acceptors (Lipinski definition) is 2. The third-order valence-electron chi connectivity index (χ3n) is 2.32. The number of nitrogens with zero attached hydrogens (tertiary/aromatic N) is 1. The Bertz CT molecular complexity index is 179. The zero-order valence-corrected chi connectivity index (χ0v) is 8.29. The molecule has 1 fully saturated rings. The molecule has 0 unspecified atom stereocenters. The molecule has 1 N–H and O–H groups in total. The molecule has 1 heterocycles. The van der Waals surface area contributed by atoms with Crippen LogP contribution in [0, 0.1) is 5.92 Å². The number of likely N-dealkylation sites (N-methyl/N-ethyl adjacent to an activating group) is 1. The maximum absolute atomic E-state index is 11.6. The molecule has 3 nitrogen and oxygen atoms in total. The van der Waals surface area contributed by atoms with Crippen molar-refractivity contribution in [2.75, 3.05) is 13.6 Å². The summed E-state index contributed by atoms with van der Waals surface area (Å²) < 4.78 is 0. The third-order valence-corrected chi connectivity index (χ3v) is 2.32. The van der Waals surface area contributed by atoms with Gasteiger partial charge in [0.2, 0.25) is 5.91 Å². The Hall–Kier alpha value is -0.570. The molecule has 0 aromatic rings. The van der Waals surface area contributed by atoms with Crippen molar-refractivity contribution in [1.29, 1.82) is 0 Å². The minimum Gasteiger partial charge on any atom is -0.343 e. The topological polar surface area (TPSA) is 32.3 Å². The molecule has 3 heteroatoms. The van der Waals surface area contributed by atoms with Gasteiger partial charge in [0.05, 0.1) is 6.04 Å². The van der Waals surface area contributed by atoms with Crippen molar-refractivity contribution in [3.8, 4) is 0 Å². The molecule has 0 bridgehead atoms. The van der Waals surface area contributed by atoms with E-state index in [1.54, 1.807) is 0 Å². The molecule has 1 amide bonds. The number of piperazine rings is 1. The number of hydrogen-bond donors (Lipinski definition) is 1. The Morgan fingerprint density at radius 3 is 2.67 bits per heavy atom. The smallest absolute Gasteiger partial charge is 0.239 e. The average molecular weight is 170 g/mol. The summed E-state index contributed by atoms with van der Waals surface area (Å²) in [4.78, 5) is 13.4. The Kier molecular flexibility index (Phi) is 2.73. The lowest BCUT2D eigenvalue weighted by Crippen LogP contribution is -2.59. The van der Waals surface area contributed by atoms with Crippen molar-refractivity contribution >= 4 is 5.91 Å². The van der Waals surface area contributed by atoms with Crippen LogP contribution in [0.4, 0.5) is 0 Å². The summed E-state index contributed by atoms with van der Waals surface area (Å²) in [6.07, 6.45) is 0. The van der Waals surface area contributed by atoms with Gasteiger partial charge in [-0.1, -0.05) is 13.8 Å². The second-order valence-corrected chi connectivity index (χ2v) is 4.01. The first-order valence-electron chi connectivity index (χ1n) is 4.53. The van der Waals surface area contributed by atoms with Gasteiger partial charge in [-0.3, -0.25) is 4.79 Å². The monoisotopic (exact) mass is 170 g/mol. The maximum Gasteiger partial charge on any atom is 0.239 e. The highest BCUT2D eigenvalue weighted by Gasteiger charge is 2.31. The van der Waals surface area contributed by atoms with Crippen LogP contribution in [0.1, 0.15) is 20.8 Å². The molecule has 70 valence electrons. The number of amides is 1. The molecule has 1 aliphatic rings. The fourth-order valence-corrected chi connectivity index (χ4v) is 1.65. The van der Waals surface area contributed by atoms with E-state index in [-0.39, 0.29) is 11.9 Å². The quantitative estimate of drug-likeness (QED) is 0.620. The Morgan fingerprint density at radius 1 is 1.58 bits per heavy atom. The predicted octanol–water partition coefficient (Wildman–Crippen LogP) is 0.461. The summed E-state index contributed by atoms with van der Waals surface area (Å²) in [7, 11) is 1.87. The molecule has 0 aliphatic carbocycles. The fourth-order valence-electron chi connectivity index (χ4n) is 1.65. The van der Waals surface area contributed by atoms with Crippen LogP contribution in [0.5, 0.6) is 0 Å². The van der Waals surface area contributed by atoms with Gasteiger partial charge >= 0.3 is 0 Å². The number of rotatable bonds is 1. The first-order chi connectivity index (χ1) is 5.52. The van der Waals surface area contributed by atoms with Crippen LogP contribution in [0.3, 0.4) is 0 Å². The molecule has 0 aromatic carbocycles. The summed E-state index contributed by atoms with van der Waals surface area (Å²) in [5, 5.41) is 3.30. The van der Waals surface area contributed by atoms with E-state index in [4.69, 9.17) is 0 Å². The van der Waals surface area contributed by atoms with Gasteiger partial charge in [-0.15, -0.1) is 0 Å². The fraction of sp³-hybridized carbons (Fsp3) is 0.889. The highest BCUT2D eigenvalue weighted by molar-refractivity contribution is 5.82. The minimum absolute atomic E-state index is 0.0127. The van der Waals surface area contributed by atoms with Crippen LogP contribution in [0.2, 0.25) is 0 Å². The van der Waals surface area contributed by atoms with Gasteiger partial charge < -0.3 is 10.2 Å². The van der Waals surface area contributed by atoms with Gasteiger partial charge in [-0.05, 0) is 12.8 Å². The molecule has 0 radical (unpaired) electrons. The summed E-state index contributed by atoms with van der Waals surface area (Å²) in [5.41, 5.74) is 0. The zero-order chi connectivity index (χ0) is 9.30. The standard InChI is InChI=1S/C9H18N2O/c1-6(2)8-9(12)11(4)5-7(3)10-8/h6-8,10H,5H2,1-4H3/t7-,8-/m0/s1. The van der Waals surface area contributed by atoms with Gasteiger partial charge in [-0.2, -0.15) is 0 Å². The number of carbonyl (C=O) groups is 1. The van der Waals surface area contributed by atoms with Crippen molar-refractivity contribution < 1.29 is 4.79 Å². The molecule has 2 atom stereocenters. The molecular weight excluding hydrogens is 152 g/mol. The number of carbonyl (C=O) groups excluding carboxylic acids is 1. The lowest BCUT2D eigenvalue weighted by Gasteiger charge is -2.36. The van der Waals surface area contributed by atoms with Crippen molar-refractivity contribution in [3.05, 3.63) is 0 Å². The van der Waals surface area contributed by atoms with E-state index < -0.39 is 0 Å². The van der Waals surface area contributed by atoms with E-state index in [1.165, 1.54) is 0 Å². The van der Waals surface area contributed by atoms with Gasteiger partial charge in [0.25, 0.3) is 0 Å². The highest BCUT2D eigenvalue weighted by Crippen LogP contribution is 2.11.